The number of fused-ring (bicyclic) bond motifs is 1. The van der Waals surface area contributed by atoms with Crippen LogP contribution in [0.1, 0.15) is 33.4 Å². The van der Waals surface area contributed by atoms with Crippen LogP contribution < -0.4 is 5.32 Å². The Bertz CT molecular complexity index is 1010. The van der Waals surface area contributed by atoms with Gasteiger partial charge in [0, 0.05) is 18.8 Å². The van der Waals surface area contributed by atoms with Crippen LogP contribution in [0.5, 0.6) is 0 Å². The Morgan fingerprint density at radius 2 is 2.00 bits per heavy atom. The van der Waals surface area contributed by atoms with Crippen LogP contribution in [0.3, 0.4) is 0 Å². The van der Waals surface area contributed by atoms with Crippen molar-refractivity contribution in [3.05, 3.63) is 65.2 Å². The second-order valence-corrected chi connectivity index (χ2v) is 6.42. The number of benzene rings is 1. The van der Waals surface area contributed by atoms with E-state index in [2.05, 4.69) is 15.5 Å². The minimum Gasteiger partial charge on any atom is -0.373 e. The fourth-order valence-electron chi connectivity index (χ4n) is 3.09. The lowest BCUT2D eigenvalue weighted by Crippen LogP contribution is -2.34. The van der Waals surface area contributed by atoms with Crippen molar-refractivity contribution in [3.63, 3.8) is 0 Å². The van der Waals surface area contributed by atoms with Crippen LogP contribution in [0.4, 0.5) is 13.2 Å². The molecule has 3 aromatic rings. The zero-order valence-corrected chi connectivity index (χ0v) is 14.8. The number of halogens is 3. The van der Waals surface area contributed by atoms with E-state index in [4.69, 9.17) is 4.74 Å². The molecule has 0 saturated carbocycles. The minimum atomic E-state index is -4.40. The molecule has 0 spiro atoms. The summed E-state index contributed by atoms with van der Waals surface area (Å²) in [5.74, 6) is -0.343. The normalized spacial score (nSPS) is 16.6. The first-order chi connectivity index (χ1) is 13.3. The number of rotatable bonds is 3. The van der Waals surface area contributed by atoms with E-state index < -0.39 is 17.8 Å². The summed E-state index contributed by atoms with van der Waals surface area (Å²) >= 11 is 0. The maximum Gasteiger partial charge on any atom is 0.416 e. The molecule has 0 aliphatic carbocycles. The summed E-state index contributed by atoms with van der Waals surface area (Å²) in [5.41, 5.74) is 1.47. The van der Waals surface area contributed by atoms with Gasteiger partial charge < -0.3 is 10.1 Å². The predicted molar refractivity (Wildman–Crippen MR) is 91.6 cm³/mol. The van der Waals surface area contributed by atoms with Crippen molar-refractivity contribution in [2.75, 3.05) is 6.61 Å². The first-order valence-corrected chi connectivity index (χ1v) is 8.45. The number of hydrogen-bond donors (Lipinski definition) is 1. The minimum absolute atomic E-state index is 0.242. The third kappa shape index (κ3) is 3.38. The molecule has 1 aliphatic heterocycles. The summed E-state index contributed by atoms with van der Waals surface area (Å²) in [4.78, 5) is 12.4. The van der Waals surface area contributed by atoms with Gasteiger partial charge in [-0.2, -0.15) is 23.4 Å². The Morgan fingerprint density at radius 1 is 1.25 bits per heavy atom. The van der Waals surface area contributed by atoms with Crippen molar-refractivity contribution in [1.82, 2.24) is 24.9 Å². The molecule has 0 unspecified atom stereocenters. The maximum atomic E-state index is 12.8. The van der Waals surface area contributed by atoms with Crippen LogP contribution in [0, 0.1) is 0 Å². The van der Waals surface area contributed by atoms with Gasteiger partial charge >= 0.3 is 6.18 Å². The summed E-state index contributed by atoms with van der Waals surface area (Å²) in [6, 6.07) is 5.89. The highest BCUT2D eigenvalue weighted by Crippen LogP contribution is 2.31. The molecule has 1 N–H and O–H groups in total. The standard InChI is InChI=1S/C18H16F3N5O2/c1-25-7-6-14(24-25)17(27)23-15-9-28-10-16-13(15)8-22-26(16)12-4-2-11(3-5-12)18(19,20)21/h2-8,15H,9-10H2,1H3,(H,23,27)/t15-/m0/s1. The number of amides is 1. The van der Waals surface area contributed by atoms with Crippen LogP contribution in [-0.2, 0) is 24.6 Å². The molecule has 28 heavy (non-hydrogen) atoms. The molecule has 0 fully saturated rings. The third-order valence-electron chi connectivity index (χ3n) is 4.49. The van der Waals surface area contributed by atoms with E-state index in [0.29, 0.717) is 11.4 Å². The smallest absolute Gasteiger partial charge is 0.373 e. The lowest BCUT2D eigenvalue weighted by molar-refractivity contribution is -0.137. The van der Waals surface area contributed by atoms with Gasteiger partial charge in [-0.1, -0.05) is 0 Å². The number of ether oxygens (including phenoxy) is 1. The van der Waals surface area contributed by atoms with Crippen LogP contribution in [0.15, 0.2) is 42.7 Å². The number of aryl methyl sites for hydroxylation is 1. The van der Waals surface area contributed by atoms with Crippen LogP contribution in [0.25, 0.3) is 5.69 Å². The first-order valence-electron chi connectivity index (χ1n) is 8.45. The van der Waals surface area contributed by atoms with E-state index in [0.717, 1.165) is 17.7 Å². The lowest BCUT2D eigenvalue weighted by Gasteiger charge is -2.24. The van der Waals surface area contributed by atoms with Crippen molar-refractivity contribution >= 4 is 5.91 Å². The van der Waals surface area contributed by atoms with Crippen molar-refractivity contribution in [1.29, 1.82) is 0 Å². The Hall–Kier alpha value is -3.14. The van der Waals surface area contributed by atoms with Crippen molar-refractivity contribution in [2.24, 2.45) is 7.05 Å². The van der Waals surface area contributed by atoms with E-state index >= 15 is 0 Å². The largest absolute Gasteiger partial charge is 0.416 e. The molecule has 0 bridgehead atoms. The Balaban J connectivity index is 1.58. The Morgan fingerprint density at radius 3 is 2.64 bits per heavy atom. The average Bonchev–Trinajstić information content (AvgIpc) is 3.28. The third-order valence-corrected chi connectivity index (χ3v) is 4.49. The number of carbonyl (C=O) groups is 1. The molecule has 7 nitrogen and oxygen atoms in total. The van der Waals surface area contributed by atoms with E-state index in [1.807, 2.05) is 0 Å². The van der Waals surface area contributed by atoms with Gasteiger partial charge in [0.1, 0.15) is 5.69 Å². The summed E-state index contributed by atoms with van der Waals surface area (Å²) < 4.78 is 46.9. The van der Waals surface area contributed by atoms with Gasteiger partial charge in [-0.05, 0) is 30.3 Å². The first kappa shape index (κ1) is 18.2. The molecular formula is C18H16F3N5O2. The zero-order chi connectivity index (χ0) is 19.9. The SMILES string of the molecule is Cn1ccc(C(=O)N[C@H]2COCc3c2cnn3-c2ccc(C(F)(F)F)cc2)n1. The molecule has 2 aromatic heterocycles. The second-order valence-electron chi connectivity index (χ2n) is 6.42. The van der Waals surface area contributed by atoms with Gasteiger partial charge in [-0.25, -0.2) is 4.68 Å². The number of alkyl halides is 3. The number of aromatic nitrogens is 4. The molecule has 0 radical (unpaired) electrons. The van der Waals surface area contributed by atoms with E-state index in [-0.39, 0.29) is 24.8 Å². The summed E-state index contributed by atoms with van der Waals surface area (Å²) in [7, 11) is 1.71. The second kappa shape index (κ2) is 6.79. The van der Waals surface area contributed by atoms with Crippen LogP contribution >= 0.6 is 0 Å². The average molecular weight is 391 g/mol. The fourth-order valence-corrected chi connectivity index (χ4v) is 3.09. The number of hydrogen-bond acceptors (Lipinski definition) is 4. The van der Waals surface area contributed by atoms with Crippen molar-refractivity contribution < 1.29 is 22.7 Å². The Labute approximate surface area is 157 Å². The molecule has 0 saturated heterocycles. The quantitative estimate of drug-likeness (QED) is 0.745. The van der Waals surface area contributed by atoms with Gasteiger partial charge in [0.15, 0.2) is 0 Å². The highest BCUT2D eigenvalue weighted by molar-refractivity contribution is 5.92. The van der Waals surface area contributed by atoms with Crippen LogP contribution in [-0.4, -0.2) is 32.1 Å². The molecule has 1 amide bonds. The fraction of sp³-hybridized carbons (Fsp3) is 0.278. The number of nitrogens with one attached hydrogen (secondary N) is 1. The molecule has 1 atom stereocenters. The van der Waals surface area contributed by atoms with E-state index in [9.17, 15) is 18.0 Å². The molecule has 4 rings (SSSR count). The topological polar surface area (TPSA) is 74.0 Å². The molecule has 3 heterocycles. The summed E-state index contributed by atoms with van der Waals surface area (Å²) in [6.45, 7) is 0.511. The van der Waals surface area contributed by atoms with Gasteiger partial charge in [0.2, 0.25) is 0 Å². The lowest BCUT2D eigenvalue weighted by atomic mass is 10.1. The summed E-state index contributed by atoms with van der Waals surface area (Å²) in [5, 5.41) is 11.2. The number of nitrogens with zero attached hydrogens (tertiary/aromatic N) is 4. The monoisotopic (exact) mass is 391 g/mol. The predicted octanol–water partition coefficient (Wildman–Crippen LogP) is 2.63. The maximum absolute atomic E-state index is 12.8. The van der Waals surface area contributed by atoms with Gasteiger partial charge in [-0.3, -0.25) is 9.48 Å². The highest BCUT2D eigenvalue weighted by atomic mass is 19.4. The zero-order valence-electron chi connectivity index (χ0n) is 14.8. The van der Waals surface area contributed by atoms with Crippen molar-refractivity contribution in [2.45, 2.75) is 18.8 Å². The Kier molecular flexibility index (Phi) is 4.42. The van der Waals surface area contributed by atoms with Crippen molar-refractivity contribution in [3.8, 4) is 5.69 Å². The van der Waals surface area contributed by atoms with E-state index in [1.54, 1.807) is 25.5 Å². The van der Waals surface area contributed by atoms with Gasteiger partial charge in [-0.15, -0.1) is 0 Å². The van der Waals surface area contributed by atoms with Gasteiger partial charge in [0.25, 0.3) is 5.91 Å². The van der Waals surface area contributed by atoms with Gasteiger partial charge in [0.05, 0.1) is 42.4 Å². The molecule has 1 aromatic carbocycles. The highest BCUT2D eigenvalue weighted by Gasteiger charge is 2.31. The molecule has 146 valence electrons. The number of carbonyl (C=O) groups excluding carboxylic acids is 1. The summed E-state index contributed by atoms with van der Waals surface area (Å²) in [6.07, 6.45) is -1.13. The van der Waals surface area contributed by atoms with E-state index in [1.165, 1.54) is 21.5 Å². The van der Waals surface area contributed by atoms with Crippen LogP contribution in [0.2, 0.25) is 0 Å². The molecule has 10 heteroatoms. The molecular weight excluding hydrogens is 375 g/mol. The molecule has 1 aliphatic rings.